The van der Waals surface area contributed by atoms with E-state index in [9.17, 15) is 27.6 Å². The molecule has 2 fully saturated rings. The van der Waals surface area contributed by atoms with E-state index in [1.807, 2.05) is 53.4 Å². The van der Waals surface area contributed by atoms with Crippen LogP contribution in [0.2, 0.25) is 0 Å². The average Bonchev–Trinajstić information content (AvgIpc) is 3.39. The van der Waals surface area contributed by atoms with Crippen molar-refractivity contribution < 1.29 is 47.1 Å². The van der Waals surface area contributed by atoms with E-state index in [0.717, 1.165) is 57.3 Å². The van der Waals surface area contributed by atoms with E-state index < -0.39 is 30.2 Å². The van der Waals surface area contributed by atoms with Crippen LogP contribution in [0.4, 0.5) is 24.5 Å². The molecule has 0 aliphatic carbocycles. The third-order valence-corrected chi connectivity index (χ3v) is 14.7. The summed E-state index contributed by atoms with van der Waals surface area (Å²) in [5.41, 5.74) is 14.9. The summed E-state index contributed by atoms with van der Waals surface area (Å²) < 4.78 is 49.4. The molecule has 398 valence electrons. The Morgan fingerprint density at radius 2 is 1.01 bits per heavy atom. The second kappa shape index (κ2) is 25.5. The third kappa shape index (κ3) is 13.7. The van der Waals surface area contributed by atoms with Gasteiger partial charge < -0.3 is 40.8 Å². The molecule has 0 aromatic heterocycles. The summed E-state index contributed by atoms with van der Waals surface area (Å²) >= 11 is 0. The Bertz CT molecular complexity index is 2590. The van der Waals surface area contributed by atoms with Gasteiger partial charge in [-0.3, -0.25) is 19.4 Å². The predicted molar refractivity (Wildman–Crippen MR) is 279 cm³/mol. The first-order valence-corrected chi connectivity index (χ1v) is 26.0. The van der Waals surface area contributed by atoms with Gasteiger partial charge in [-0.25, -0.2) is 4.79 Å². The normalized spacial score (nSPS) is 22.7. The van der Waals surface area contributed by atoms with Gasteiger partial charge >= 0.3 is 12.1 Å². The summed E-state index contributed by atoms with van der Waals surface area (Å²) in [6.07, 6.45) is 6.74. The van der Waals surface area contributed by atoms with Crippen molar-refractivity contribution >= 4 is 40.8 Å². The van der Waals surface area contributed by atoms with Crippen molar-refractivity contribution in [3.8, 4) is 11.5 Å². The molecule has 0 spiro atoms. The smallest absolute Gasteiger partial charge is 0.474 e. The molecule has 4 aromatic carbocycles. The number of ether oxygens (including phenoxy) is 2. The number of rotatable bonds is 17. The van der Waals surface area contributed by atoms with Crippen molar-refractivity contribution in [1.82, 2.24) is 9.80 Å². The Kier molecular flexibility index (Phi) is 19.0. The van der Waals surface area contributed by atoms with Crippen molar-refractivity contribution in [3.05, 3.63) is 119 Å². The maximum absolute atomic E-state index is 13.6. The van der Waals surface area contributed by atoms with Gasteiger partial charge in [0.05, 0.1) is 11.4 Å². The number of anilines is 2. The van der Waals surface area contributed by atoms with E-state index in [1.54, 1.807) is 41.3 Å². The lowest BCUT2D eigenvalue weighted by Gasteiger charge is -2.39. The van der Waals surface area contributed by atoms with Crippen molar-refractivity contribution in [2.75, 3.05) is 36.0 Å². The van der Waals surface area contributed by atoms with Crippen LogP contribution in [0.5, 0.6) is 11.5 Å². The number of carbonyl (C=O) groups excluding carboxylic acids is 3. The van der Waals surface area contributed by atoms with Gasteiger partial charge in [-0.05, 0) is 129 Å². The van der Waals surface area contributed by atoms with Crippen LogP contribution in [0.3, 0.4) is 0 Å². The molecule has 4 aliphatic heterocycles. The van der Waals surface area contributed by atoms with Crippen LogP contribution in [0.15, 0.2) is 107 Å². The fraction of sp³-hybridized carbons (Fsp3) is 0.482. The average molecular weight is 1030 g/mol. The number of hydrogen-bond donors (Lipinski definition) is 3. The molecule has 5 N–H and O–H groups in total. The first-order valence-electron chi connectivity index (χ1n) is 26.0. The first kappa shape index (κ1) is 55.1. The van der Waals surface area contributed by atoms with E-state index in [2.05, 4.69) is 52.6 Å². The van der Waals surface area contributed by atoms with Gasteiger partial charge in [-0.1, -0.05) is 96.7 Å². The van der Waals surface area contributed by atoms with Gasteiger partial charge in [0.1, 0.15) is 11.5 Å². The number of nitrogens with zero attached hydrogens (tertiary/aromatic N) is 6. The maximum atomic E-state index is 13.6. The number of fused-ring (bicyclic) bond motifs is 2. The topological polar surface area (TPSA) is 189 Å². The van der Waals surface area contributed by atoms with Crippen LogP contribution in [-0.4, -0.2) is 101 Å². The zero-order chi connectivity index (χ0) is 52.9. The zero-order valence-corrected chi connectivity index (χ0v) is 42.9. The molecule has 0 bridgehead atoms. The quantitative estimate of drug-likeness (QED) is 0.0228. The van der Waals surface area contributed by atoms with Crippen LogP contribution >= 0.6 is 0 Å². The monoisotopic (exact) mass is 1020 g/mol. The third-order valence-electron chi connectivity index (χ3n) is 14.7. The highest BCUT2D eigenvalue weighted by Crippen LogP contribution is 2.41. The number of benzene rings is 4. The minimum atomic E-state index is -5.20. The molecule has 4 heterocycles. The molecule has 2 saturated heterocycles. The number of unbranched alkanes of at least 4 members (excludes halogenated alkanes) is 4. The van der Waals surface area contributed by atoms with Crippen LogP contribution in [-0.2, 0) is 19.2 Å². The summed E-state index contributed by atoms with van der Waals surface area (Å²) in [7, 11) is 0. The van der Waals surface area contributed by atoms with Gasteiger partial charge in [0, 0.05) is 59.5 Å². The molecule has 0 saturated carbocycles. The number of alkyl halides is 3. The Balaban J connectivity index is 0.000000219. The minimum absolute atomic E-state index is 0.000271. The molecule has 8 rings (SSSR count). The van der Waals surface area contributed by atoms with E-state index in [1.165, 1.54) is 50.7 Å². The Labute approximate surface area is 432 Å². The van der Waals surface area contributed by atoms with Gasteiger partial charge in [0.15, 0.2) is 11.7 Å². The molecule has 4 aromatic rings. The summed E-state index contributed by atoms with van der Waals surface area (Å²) in [5, 5.41) is 15.2. The second-order valence-corrected chi connectivity index (χ2v) is 19.9. The molecule has 4 aliphatic rings. The lowest BCUT2D eigenvalue weighted by atomic mass is 9.97. The summed E-state index contributed by atoms with van der Waals surface area (Å²) in [5.74, 6) is -2.03. The maximum Gasteiger partial charge on any atom is 0.493 e. The van der Waals surface area contributed by atoms with Crippen LogP contribution in [0.25, 0.3) is 0 Å². The highest BCUT2D eigenvalue weighted by atomic mass is 19.4. The molecular formula is C56H71F3N8O7. The number of halogens is 3. The number of oxime groups is 2. The summed E-state index contributed by atoms with van der Waals surface area (Å²) in [6.45, 7) is 12.6. The van der Waals surface area contributed by atoms with E-state index in [4.69, 9.17) is 26.1 Å². The SMILES string of the molecule is C[C@@H]1CCC[C@H](C)N1CCCCCN1C(=O)C(c2cccc(C(N)=NO)c2)Oc2ccccc21.C[C@@H]1CCC[C@H](C)N1CCCCCN1C(=O)C(c2cccc(C(N)=NOC(=O)C(F)(F)F)c2)Oc2ccccc21. The minimum Gasteiger partial charge on any atom is -0.474 e. The highest BCUT2D eigenvalue weighted by Gasteiger charge is 2.42. The largest absolute Gasteiger partial charge is 0.493 e. The lowest BCUT2D eigenvalue weighted by Crippen LogP contribution is -2.44. The standard InChI is InChI=1S/C29H35F3N4O4.C27H36N4O3/c1-19-10-8-11-20(2)35(19)16-6-3-7-17-36-23-14-4-5-15-24(23)39-25(27(36)37)21-12-9-13-22(18-21)26(33)34-40-28(38)29(30,31)32;1-19-10-8-11-20(2)30(19)16-6-3-7-17-31-23-14-4-5-15-24(23)34-25(27(31)32)21-12-9-13-22(18-21)26(28)29-33/h4-5,9,12-15,18-20,25H,3,6-8,10-11,16-17H2,1-2H3,(H2,33,34);4-5,9,12-15,18-20,25,33H,3,6-8,10-11,16-17H2,1-2H3,(H2,28,29)/t2*19-,20+,25?. The number of hydrogen-bond acceptors (Lipinski definition) is 11. The highest BCUT2D eigenvalue weighted by molar-refractivity contribution is 6.03. The molecule has 18 heteroatoms. The second-order valence-electron chi connectivity index (χ2n) is 19.9. The van der Waals surface area contributed by atoms with Gasteiger partial charge in [-0.15, -0.1) is 0 Å². The lowest BCUT2D eigenvalue weighted by molar-refractivity contribution is -0.199. The van der Waals surface area contributed by atoms with Gasteiger partial charge in [0.2, 0.25) is 12.2 Å². The zero-order valence-electron chi connectivity index (χ0n) is 42.9. The number of likely N-dealkylation sites (tertiary alicyclic amines) is 2. The molecule has 2 unspecified atom stereocenters. The first-order chi connectivity index (χ1) is 35.5. The van der Waals surface area contributed by atoms with Crippen molar-refractivity contribution in [2.24, 2.45) is 21.8 Å². The molecule has 6 atom stereocenters. The number of amidine groups is 2. The number of carbonyl (C=O) groups is 3. The number of nitrogens with two attached hydrogens (primary N) is 2. The molecule has 15 nitrogen and oxygen atoms in total. The van der Waals surface area contributed by atoms with E-state index >= 15 is 0 Å². The van der Waals surface area contributed by atoms with E-state index in [-0.39, 0.29) is 23.2 Å². The summed E-state index contributed by atoms with van der Waals surface area (Å²) in [6, 6.07) is 30.8. The van der Waals surface area contributed by atoms with E-state index in [0.29, 0.717) is 71.1 Å². The van der Waals surface area contributed by atoms with Crippen LogP contribution < -0.4 is 30.7 Å². The molecule has 0 radical (unpaired) electrons. The van der Waals surface area contributed by atoms with Crippen molar-refractivity contribution in [2.45, 2.75) is 147 Å². The summed E-state index contributed by atoms with van der Waals surface area (Å²) in [4.78, 5) is 50.8. The number of para-hydroxylation sites is 4. The number of piperidine rings is 2. The molecular weight excluding hydrogens is 954 g/mol. The Morgan fingerprint density at radius 3 is 1.43 bits per heavy atom. The number of amides is 2. The Hall–Kier alpha value is -6.66. The molecule has 74 heavy (non-hydrogen) atoms. The fourth-order valence-corrected chi connectivity index (χ4v) is 10.6. The van der Waals surface area contributed by atoms with Gasteiger partial charge in [-0.2, -0.15) is 13.2 Å². The van der Waals surface area contributed by atoms with Crippen LogP contribution in [0, 0.1) is 0 Å². The fourth-order valence-electron chi connectivity index (χ4n) is 10.6. The van der Waals surface area contributed by atoms with Crippen molar-refractivity contribution in [1.29, 1.82) is 0 Å². The predicted octanol–water partition coefficient (Wildman–Crippen LogP) is 9.99. The van der Waals surface area contributed by atoms with Crippen molar-refractivity contribution in [3.63, 3.8) is 0 Å². The molecule has 2 amide bonds. The van der Waals surface area contributed by atoms with Gasteiger partial charge in [0.25, 0.3) is 11.8 Å². The Morgan fingerprint density at radius 1 is 0.608 bits per heavy atom. The van der Waals surface area contributed by atoms with Crippen LogP contribution in [0.1, 0.15) is 139 Å².